The Morgan fingerprint density at radius 1 is 0.319 bits per heavy atom. The van der Waals surface area contributed by atoms with E-state index in [0.29, 0.717) is 0 Å². The van der Waals surface area contributed by atoms with Crippen molar-refractivity contribution in [2.45, 2.75) is 25.7 Å². The molecule has 0 unspecified atom stereocenters. The Labute approximate surface area is 416 Å². The molecular formula is C66H44N6. The van der Waals surface area contributed by atoms with Crippen LogP contribution in [0.3, 0.4) is 0 Å². The molecule has 0 amide bonds. The number of benzene rings is 7. The fourth-order valence-electron chi connectivity index (χ4n) is 12.2. The van der Waals surface area contributed by atoms with Gasteiger partial charge in [0.25, 0.3) is 0 Å². The van der Waals surface area contributed by atoms with Crippen LogP contribution < -0.4 is 9.80 Å². The average Bonchev–Trinajstić information content (AvgIpc) is 3.44. The van der Waals surface area contributed by atoms with Gasteiger partial charge in [0.15, 0.2) is 0 Å². The van der Waals surface area contributed by atoms with Gasteiger partial charge in [0.1, 0.15) is 23.3 Å². The number of aromatic nitrogens is 4. The third-order valence-electron chi connectivity index (χ3n) is 15.2. The minimum Gasteiger partial charge on any atom is -0.279 e. The molecule has 0 N–H and O–H groups in total. The number of fused-ring (bicyclic) bond motifs is 2. The molecule has 0 saturated heterocycles. The summed E-state index contributed by atoms with van der Waals surface area (Å²) in [6.07, 6.45) is 29.9. The second-order valence-corrected chi connectivity index (χ2v) is 19.2. The topological polar surface area (TPSA) is 58.0 Å². The second-order valence-electron chi connectivity index (χ2n) is 19.2. The lowest BCUT2D eigenvalue weighted by atomic mass is 9.77. The van der Waals surface area contributed by atoms with Gasteiger partial charge in [-0.15, -0.1) is 0 Å². The molecule has 6 nitrogen and oxygen atoms in total. The Morgan fingerprint density at radius 2 is 0.681 bits per heavy atom. The lowest BCUT2D eigenvalue weighted by Crippen LogP contribution is -2.13. The van der Waals surface area contributed by atoms with Gasteiger partial charge >= 0.3 is 0 Å². The minimum atomic E-state index is 0.792. The highest BCUT2D eigenvalue weighted by Gasteiger charge is 2.29. The molecule has 7 aromatic carbocycles. The molecule has 0 bridgehead atoms. The zero-order valence-electron chi connectivity index (χ0n) is 39.3. The normalized spacial score (nSPS) is 13.7. The standard InChI is InChI=1S/C66H44N6/c1-5-33-67-57(21-1)71(58-22-2-6-34-68-58)47-29-31-51-55(39-47)65(53-37-45-17-9-13-41-25-27-43-15-11-19-49(53)63(43)61(41)45)52-32-30-48(72(59-23-3-7-35-69-59)60-24-4-8-36-70-60)40-56(52)66(51)54-38-46-18-10-14-42-26-28-44-16-12-20-50(54)64(44)62(42)46/h1-12,17-40H,13-16H2. The van der Waals surface area contributed by atoms with Crippen molar-refractivity contribution in [3.05, 3.63) is 239 Å². The summed E-state index contributed by atoms with van der Waals surface area (Å²) >= 11 is 0. The van der Waals surface area contributed by atoms with Crippen molar-refractivity contribution in [1.82, 2.24) is 19.9 Å². The number of nitrogens with zero attached hydrogens (tertiary/aromatic N) is 6. The van der Waals surface area contributed by atoms with E-state index in [1.54, 1.807) is 0 Å². The Kier molecular flexibility index (Phi) is 9.11. The van der Waals surface area contributed by atoms with E-state index >= 15 is 0 Å². The lowest BCUT2D eigenvalue weighted by molar-refractivity contribution is 1.13. The fourth-order valence-corrected chi connectivity index (χ4v) is 12.2. The fraction of sp³-hybridized carbons (Fsp3) is 0.0606. The van der Waals surface area contributed by atoms with E-state index in [0.717, 1.165) is 81.9 Å². The van der Waals surface area contributed by atoms with Gasteiger partial charge in [-0.3, -0.25) is 9.80 Å². The molecule has 6 heteroatoms. The van der Waals surface area contributed by atoms with Crippen LogP contribution in [0.1, 0.15) is 44.5 Å². The van der Waals surface area contributed by atoms with Crippen molar-refractivity contribution in [1.29, 1.82) is 0 Å². The van der Waals surface area contributed by atoms with E-state index in [1.807, 2.05) is 73.3 Å². The van der Waals surface area contributed by atoms with Gasteiger partial charge in [-0.25, -0.2) is 19.9 Å². The van der Waals surface area contributed by atoms with Crippen LogP contribution in [-0.4, -0.2) is 19.9 Å². The van der Waals surface area contributed by atoms with Gasteiger partial charge in [0, 0.05) is 36.2 Å². The molecule has 11 aromatic rings. The van der Waals surface area contributed by atoms with Crippen LogP contribution in [0.2, 0.25) is 0 Å². The van der Waals surface area contributed by atoms with Crippen molar-refractivity contribution in [2.24, 2.45) is 0 Å². The molecule has 0 aliphatic heterocycles. The number of rotatable bonds is 8. The highest BCUT2D eigenvalue weighted by Crippen LogP contribution is 2.53. The first kappa shape index (κ1) is 40.6. The maximum Gasteiger partial charge on any atom is 0.138 e. The predicted molar refractivity (Wildman–Crippen MR) is 299 cm³/mol. The van der Waals surface area contributed by atoms with Crippen LogP contribution in [0.15, 0.2) is 195 Å². The van der Waals surface area contributed by atoms with Crippen molar-refractivity contribution in [3.63, 3.8) is 0 Å². The highest BCUT2D eigenvalue weighted by atomic mass is 15.2. The first-order valence-corrected chi connectivity index (χ1v) is 24.9. The molecule has 72 heavy (non-hydrogen) atoms. The zero-order chi connectivity index (χ0) is 47.3. The first-order valence-electron chi connectivity index (χ1n) is 24.9. The number of pyridine rings is 4. The first-order chi connectivity index (χ1) is 35.7. The summed E-state index contributed by atoms with van der Waals surface area (Å²) in [5.41, 5.74) is 17.3. The summed E-state index contributed by atoms with van der Waals surface area (Å²) < 4.78 is 0. The molecule has 4 aliphatic carbocycles. The van der Waals surface area contributed by atoms with Gasteiger partial charge in [-0.1, -0.05) is 109 Å². The number of anilines is 6. The zero-order valence-corrected chi connectivity index (χ0v) is 39.3. The average molecular weight is 921 g/mol. The number of allylic oxidation sites excluding steroid dienone is 4. The van der Waals surface area contributed by atoms with Gasteiger partial charge in [0.05, 0.1) is 0 Å². The number of hydrogen-bond acceptors (Lipinski definition) is 6. The van der Waals surface area contributed by atoms with E-state index in [4.69, 9.17) is 19.9 Å². The molecule has 4 aromatic heterocycles. The van der Waals surface area contributed by atoms with Crippen molar-refractivity contribution >= 4 is 102 Å². The van der Waals surface area contributed by atoms with Gasteiger partial charge < -0.3 is 0 Å². The van der Waals surface area contributed by atoms with Crippen LogP contribution in [-0.2, 0) is 25.7 Å². The van der Waals surface area contributed by atoms with Crippen LogP contribution in [0.4, 0.5) is 34.6 Å². The Bertz CT molecular complexity index is 3840. The molecule has 338 valence electrons. The third-order valence-corrected chi connectivity index (χ3v) is 15.2. The largest absolute Gasteiger partial charge is 0.279 e. The lowest BCUT2D eigenvalue weighted by Gasteiger charge is -2.29. The third kappa shape index (κ3) is 6.22. The van der Waals surface area contributed by atoms with E-state index in [2.05, 4.69) is 155 Å². The Balaban J connectivity index is 1.13. The van der Waals surface area contributed by atoms with Crippen LogP contribution in [0.5, 0.6) is 0 Å². The molecule has 15 rings (SSSR count). The quantitative estimate of drug-likeness (QED) is 0.142. The monoisotopic (exact) mass is 920 g/mol. The summed E-state index contributed by atoms with van der Waals surface area (Å²) in [5.74, 6) is 3.17. The van der Waals surface area contributed by atoms with E-state index in [9.17, 15) is 0 Å². The maximum atomic E-state index is 4.94. The minimum absolute atomic E-state index is 0.792. The maximum absolute atomic E-state index is 4.94. The van der Waals surface area contributed by atoms with Crippen molar-refractivity contribution in [2.75, 3.05) is 9.80 Å². The van der Waals surface area contributed by atoms with Gasteiger partial charge in [-0.2, -0.15) is 0 Å². The van der Waals surface area contributed by atoms with Gasteiger partial charge in [-0.05, 0) is 220 Å². The highest BCUT2D eigenvalue weighted by molar-refractivity contribution is 6.26. The van der Waals surface area contributed by atoms with E-state index < -0.39 is 0 Å². The molecule has 0 atom stereocenters. The molecule has 0 radical (unpaired) electrons. The van der Waals surface area contributed by atoms with E-state index in [1.165, 1.54) is 88.3 Å². The summed E-state index contributed by atoms with van der Waals surface area (Å²) in [7, 11) is 0. The molecule has 0 fully saturated rings. The van der Waals surface area contributed by atoms with E-state index in [-0.39, 0.29) is 0 Å². The van der Waals surface area contributed by atoms with Crippen molar-refractivity contribution < 1.29 is 0 Å². The molecule has 4 heterocycles. The summed E-state index contributed by atoms with van der Waals surface area (Å²) in [6, 6.07) is 52.7. The number of hydrogen-bond donors (Lipinski definition) is 0. The predicted octanol–water partition coefficient (Wildman–Crippen LogP) is 16.4. The summed E-state index contributed by atoms with van der Waals surface area (Å²) in [4.78, 5) is 24.1. The smallest absolute Gasteiger partial charge is 0.138 e. The molecule has 0 spiro atoms. The molecular weight excluding hydrogens is 877 g/mol. The Morgan fingerprint density at radius 3 is 1.04 bits per heavy atom. The van der Waals surface area contributed by atoms with Gasteiger partial charge in [0.2, 0.25) is 0 Å². The van der Waals surface area contributed by atoms with Crippen LogP contribution in [0.25, 0.3) is 89.6 Å². The Hall–Kier alpha value is -9.26. The molecule has 4 aliphatic rings. The van der Waals surface area contributed by atoms with Crippen LogP contribution >= 0.6 is 0 Å². The second kappa shape index (κ2) is 16.2. The molecule has 0 saturated carbocycles. The SMILES string of the molecule is C1=Cc2cc(-c3c4ccc(N(c5ccccn5)c5ccccn5)cc4c(-c4cc5c6c(ccc7c6c4C=CC7)CC=C5)c4ccc(N(c5ccccn5)c5ccccn5)cc34)c3c4c(ccc(c24)C1)CC=C3. The van der Waals surface area contributed by atoms with Crippen LogP contribution in [0, 0.1) is 0 Å². The van der Waals surface area contributed by atoms with Crippen molar-refractivity contribution in [3.8, 4) is 22.3 Å². The summed E-state index contributed by atoms with van der Waals surface area (Å²) in [5, 5.41) is 10.1. The summed E-state index contributed by atoms with van der Waals surface area (Å²) in [6.45, 7) is 0.